The van der Waals surface area contributed by atoms with E-state index in [9.17, 15) is 10.1 Å². The summed E-state index contributed by atoms with van der Waals surface area (Å²) in [5.74, 6) is 1.37. The summed E-state index contributed by atoms with van der Waals surface area (Å²) in [6.07, 6.45) is 1.60. The van der Waals surface area contributed by atoms with Gasteiger partial charge in [0.2, 0.25) is 17.8 Å². The minimum absolute atomic E-state index is 0.0127. The highest BCUT2D eigenvalue weighted by atomic mass is 16.6. The Morgan fingerprint density at radius 3 is 2.17 bits per heavy atom. The van der Waals surface area contributed by atoms with Crippen LogP contribution in [0.25, 0.3) is 0 Å². The highest BCUT2D eigenvalue weighted by Gasteiger charge is 2.10. The van der Waals surface area contributed by atoms with E-state index >= 15 is 0 Å². The van der Waals surface area contributed by atoms with Crippen LogP contribution >= 0.6 is 0 Å². The molecule has 0 aliphatic rings. The average molecular weight is 485 g/mol. The zero-order chi connectivity index (χ0) is 25.5. The summed E-state index contributed by atoms with van der Waals surface area (Å²) in [5, 5.41) is 21.4. The number of hydrazone groups is 1. The summed E-state index contributed by atoms with van der Waals surface area (Å²) in [6, 6.07) is 19.3. The molecule has 3 N–H and O–H groups in total. The molecule has 0 bridgehead atoms. The van der Waals surface area contributed by atoms with Crippen molar-refractivity contribution in [3.63, 3.8) is 0 Å². The standard InChI is InChI=1S/C25H24N8O3/c1-16-8-9-20(14-17(16)2)28-24-29-23(27-19-10-12-21(13-11-19)33(34)35)30-25(31-24)32-26-15-18-6-4-5-7-22(18)36-3/h4-15H,1-3H3,(H3,27,28,29,30,31,32)/b26-15-. The van der Waals surface area contributed by atoms with Gasteiger partial charge in [0.1, 0.15) is 5.75 Å². The van der Waals surface area contributed by atoms with Gasteiger partial charge in [-0.05, 0) is 61.4 Å². The summed E-state index contributed by atoms with van der Waals surface area (Å²) in [6.45, 7) is 4.06. The van der Waals surface area contributed by atoms with Gasteiger partial charge < -0.3 is 15.4 Å². The Kier molecular flexibility index (Phi) is 7.30. The molecule has 0 amide bonds. The third-order valence-electron chi connectivity index (χ3n) is 5.24. The lowest BCUT2D eigenvalue weighted by molar-refractivity contribution is -0.384. The fourth-order valence-corrected chi connectivity index (χ4v) is 3.21. The zero-order valence-corrected chi connectivity index (χ0v) is 19.9. The number of benzene rings is 3. The first-order chi connectivity index (χ1) is 17.4. The summed E-state index contributed by atoms with van der Waals surface area (Å²) >= 11 is 0. The van der Waals surface area contributed by atoms with E-state index in [0.29, 0.717) is 11.4 Å². The molecule has 0 unspecified atom stereocenters. The smallest absolute Gasteiger partial charge is 0.269 e. The topological polar surface area (TPSA) is 139 Å². The van der Waals surface area contributed by atoms with Crippen LogP contribution in [0.3, 0.4) is 0 Å². The van der Waals surface area contributed by atoms with Crippen LogP contribution in [0.1, 0.15) is 16.7 Å². The average Bonchev–Trinajstić information content (AvgIpc) is 2.87. The van der Waals surface area contributed by atoms with Crippen LogP contribution in [0, 0.1) is 24.0 Å². The quantitative estimate of drug-likeness (QED) is 0.163. The van der Waals surface area contributed by atoms with E-state index < -0.39 is 4.92 Å². The second-order valence-corrected chi connectivity index (χ2v) is 7.77. The number of aromatic nitrogens is 3. The van der Waals surface area contributed by atoms with Crippen molar-refractivity contribution < 1.29 is 9.66 Å². The Hall–Kier alpha value is -5.06. The molecule has 3 aromatic carbocycles. The molecule has 0 radical (unpaired) electrons. The maximum Gasteiger partial charge on any atom is 0.269 e. The van der Waals surface area contributed by atoms with Crippen LogP contribution in [0.5, 0.6) is 5.75 Å². The van der Waals surface area contributed by atoms with Crippen LogP contribution in [-0.2, 0) is 0 Å². The fraction of sp³-hybridized carbons (Fsp3) is 0.120. The lowest BCUT2D eigenvalue weighted by Crippen LogP contribution is -2.07. The number of para-hydroxylation sites is 1. The number of nitrogens with one attached hydrogen (secondary N) is 3. The third-order valence-corrected chi connectivity index (χ3v) is 5.24. The van der Waals surface area contributed by atoms with Gasteiger partial charge in [-0.3, -0.25) is 10.1 Å². The van der Waals surface area contributed by atoms with Crippen molar-refractivity contribution in [1.29, 1.82) is 0 Å². The van der Waals surface area contributed by atoms with E-state index in [1.54, 1.807) is 25.5 Å². The summed E-state index contributed by atoms with van der Waals surface area (Å²) in [7, 11) is 1.59. The lowest BCUT2D eigenvalue weighted by atomic mass is 10.1. The molecule has 11 nitrogen and oxygen atoms in total. The van der Waals surface area contributed by atoms with Gasteiger partial charge in [-0.15, -0.1) is 0 Å². The second kappa shape index (κ2) is 10.9. The molecule has 0 aliphatic carbocycles. The van der Waals surface area contributed by atoms with Gasteiger partial charge in [0.15, 0.2) is 0 Å². The SMILES string of the molecule is COc1ccccc1/C=N\Nc1nc(Nc2ccc([N+](=O)[O-])cc2)nc(Nc2ccc(C)c(C)c2)n1. The first-order valence-corrected chi connectivity index (χ1v) is 11.0. The normalized spacial score (nSPS) is 10.8. The number of nitrogens with zero attached hydrogens (tertiary/aromatic N) is 5. The number of rotatable bonds is 9. The van der Waals surface area contributed by atoms with Crippen molar-refractivity contribution in [2.75, 3.05) is 23.2 Å². The molecule has 1 aromatic heterocycles. The molecule has 0 aliphatic heterocycles. The van der Waals surface area contributed by atoms with Gasteiger partial charge in [0.25, 0.3) is 5.69 Å². The summed E-state index contributed by atoms with van der Waals surface area (Å²) < 4.78 is 5.34. The van der Waals surface area contributed by atoms with Crippen molar-refractivity contribution in [2.24, 2.45) is 5.10 Å². The van der Waals surface area contributed by atoms with E-state index in [0.717, 1.165) is 16.8 Å². The van der Waals surface area contributed by atoms with Gasteiger partial charge in [0, 0.05) is 29.1 Å². The lowest BCUT2D eigenvalue weighted by Gasteiger charge is -2.11. The Morgan fingerprint density at radius 1 is 0.861 bits per heavy atom. The molecule has 1 heterocycles. The van der Waals surface area contributed by atoms with Crippen molar-refractivity contribution in [3.8, 4) is 5.75 Å². The molecule has 0 fully saturated rings. The van der Waals surface area contributed by atoms with Gasteiger partial charge in [-0.25, -0.2) is 5.43 Å². The highest BCUT2D eigenvalue weighted by molar-refractivity contribution is 5.83. The van der Waals surface area contributed by atoms with E-state index in [1.165, 1.54) is 17.7 Å². The second-order valence-electron chi connectivity index (χ2n) is 7.77. The number of hydrogen-bond acceptors (Lipinski definition) is 10. The number of nitro groups is 1. The van der Waals surface area contributed by atoms with Crippen molar-refractivity contribution >= 4 is 41.1 Å². The Morgan fingerprint density at radius 2 is 1.50 bits per heavy atom. The molecule has 11 heteroatoms. The third kappa shape index (κ3) is 6.08. The number of ether oxygens (including phenoxy) is 1. The van der Waals surface area contributed by atoms with Gasteiger partial charge in [-0.2, -0.15) is 20.1 Å². The number of anilines is 5. The predicted molar refractivity (Wildman–Crippen MR) is 140 cm³/mol. The number of aryl methyl sites for hydroxylation is 2. The van der Waals surface area contributed by atoms with Crippen molar-refractivity contribution in [2.45, 2.75) is 13.8 Å². The van der Waals surface area contributed by atoms with Gasteiger partial charge in [-0.1, -0.05) is 18.2 Å². The molecule has 0 saturated carbocycles. The minimum atomic E-state index is -0.458. The van der Waals surface area contributed by atoms with E-state index in [-0.39, 0.29) is 23.5 Å². The summed E-state index contributed by atoms with van der Waals surface area (Å²) in [5.41, 5.74) is 7.27. The molecule has 36 heavy (non-hydrogen) atoms. The van der Waals surface area contributed by atoms with Crippen LogP contribution in [-0.4, -0.2) is 33.2 Å². The maximum absolute atomic E-state index is 10.9. The van der Waals surface area contributed by atoms with E-state index in [4.69, 9.17) is 4.74 Å². The molecule has 0 spiro atoms. The van der Waals surface area contributed by atoms with Gasteiger partial charge in [0.05, 0.1) is 18.2 Å². The van der Waals surface area contributed by atoms with Gasteiger partial charge >= 0.3 is 0 Å². The van der Waals surface area contributed by atoms with Crippen LogP contribution < -0.4 is 20.8 Å². The van der Waals surface area contributed by atoms with Crippen LogP contribution in [0.15, 0.2) is 71.8 Å². The Labute approximate surface area is 207 Å². The zero-order valence-electron chi connectivity index (χ0n) is 19.9. The molecule has 182 valence electrons. The number of non-ortho nitro benzene ring substituents is 1. The largest absolute Gasteiger partial charge is 0.496 e. The van der Waals surface area contributed by atoms with E-state index in [1.807, 2.05) is 56.3 Å². The number of hydrogen-bond donors (Lipinski definition) is 3. The molecule has 0 saturated heterocycles. The molecule has 4 aromatic rings. The molecular weight excluding hydrogens is 460 g/mol. The minimum Gasteiger partial charge on any atom is -0.496 e. The summed E-state index contributed by atoms with van der Waals surface area (Å²) in [4.78, 5) is 23.7. The highest BCUT2D eigenvalue weighted by Crippen LogP contribution is 2.22. The van der Waals surface area contributed by atoms with E-state index in [2.05, 4.69) is 36.1 Å². The van der Waals surface area contributed by atoms with Crippen LogP contribution in [0.2, 0.25) is 0 Å². The first kappa shape index (κ1) is 24.1. The molecule has 4 rings (SSSR count). The number of nitro benzene ring substituents is 1. The Balaban J connectivity index is 1.61. The van der Waals surface area contributed by atoms with Crippen molar-refractivity contribution in [3.05, 3.63) is 93.5 Å². The number of methoxy groups -OCH3 is 1. The first-order valence-electron chi connectivity index (χ1n) is 11.0. The fourth-order valence-electron chi connectivity index (χ4n) is 3.21. The maximum atomic E-state index is 10.9. The molecular formula is C25H24N8O3. The monoisotopic (exact) mass is 484 g/mol. The molecule has 0 atom stereocenters. The predicted octanol–water partition coefficient (Wildman–Crippen LogP) is 5.34. The Bertz CT molecular complexity index is 1410. The van der Waals surface area contributed by atoms with Crippen molar-refractivity contribution in [1.82, 2.24) is 15.0 Å². The van der Waals surface area contributed by atoms with Crippen LogP contribution in [0.4, 0.5) is 34.9 Å².